The molecule has 0 atom stereocenters. The Morgan fingerprint density at radius 3 is 2.70 bits per heavy atom. The van der Waals surface area contributed by atoms with Gasteiger partial charge in [-0.05, 0) is 37.3 Å². The highest BCUT2D eigenvalue weighted by Crippen LogP contribution is 2.22. The standard InChI is InChI=1S/C16H24N2O2/c1-2-9-17-15-6-4-3-5-14(15)16(20)18-10-7-13(12-19)8-11-18/h3-6,13,17,19H,2,7-12H2,1H3. The van der Waals surface area contributed by atoms with E-state index in [0.29, 0.717) is 5.92 Å². The summed E-state index contributed by atoms with van der Waals surface area (Å²) in [7, 11) is 0. The number of hydrogen-bond donors (Lipinski definition) is 2. The fourth-order valence-corrected chi connectivity index (χ4v) is 2.57. The largest absolute Gasteiger partial charge is 0.396 e. The third-order valence-corrected chi connectivity index (χ3v) is 3.88. The Hall–Kier alpha value is -1.55. The molecule has 1 aromatic carbocycles. The van der Waals surface area contributed by atoms with E-state index in [4.69, 9.17) is 5.11 Å². The van der Waals surface area contributed by atoms with Crippen molar-refractivity contribution in [3.63, 3.8) is 0 Å². The van der Waals surface area contributed by atoms with Gasteiger partial charge in [0.25, 0.3) is 5.91 Å². The van der Waals surface area contributed by atoms with Crippen molar-refractivity contribution in [2.45, 2.75) is 26.2 Å². The SMILES string of the molecule is CCCNc1ccccc1C(=O)N1CCC(CO)CC1. The van der Waals surface area contributed by atoms with Crippen LogP contribution in [0, 0.1) is 5.92 Å². The van der Waals surface area contributed by atoms with Gasteiger partial charge in [0, 0.05) is 31.9 Å². The number of piperidine rings is 1. The lowest BCUT2D eigenvalue weighted by molar-refractivity contribution is 0.0652. The van der Waals surface area contributed by atoms with E-state index < -0.39 is 0 Å². The molecule has 0 aromatic heterocycles. The Labute approximate surface area is 120 Å². The summed E-state index contributed by atoms with van der Waals surface area (Å²) < 4.78 is 0. The summed E-state index contributed by atoms with van der Waals surface area (Å²) in [4.78, 5) is 14.5. The molecule has 2 rings (SSSR count). The number of aliphatic hydroxyl groups is 1. The van der Waals surface area contributed by atoms with Crippen LogP contribution in [0.5, 0.6) is 0 Å². The Morgan fingerprint density at radius 1 is 1.35 bits per heavy atom. The fourth-order valence-electron chi connectivity index (χ4n) is 2.57. The average molecular weight is 276 g/mol. The summed E-state index contributed by atoms with van der Waals surface area (Å²) in [5.74, 6) is 0.452. The molecule has 0 spiro atoms. The van der Waals surface area contributed by atoms with Crippen molar-refractivity contribution >= 4 is 11.6 Å². The summed E-state index contributed by atoms with van der Waals surface area (Å²) in [5.41, 5.74) is 1.67. The van der Waals surface area contributed by atoms with Crippen molar-refractivity contribution in [1.29, 1.82) is 0 Å². The highest BCUT2D eigenvalue weighted by Gasteiger charge is 2.24. The van der Waals surface area contributed by atoms with Gasteiger partial charge in [-0.3, -0.25) is 4.79 Å². The lowest BCUT2D eigenvalue weighted by atomic mass is 9.97. The van der Waals surface area contributed by atoms with Gasteiger partial charge in [-0.1, -0.05) is 19.1 Å². The molecule has 1 fully saturated rings. The minimum atomic E-state index is 0.0978. The highest BCUT2D eigenvalue weighted by molar-refractivity contribution is 5.99. The highest BCUT2D eigenvalue weighted by atomic mass is 16.3. The number of aliphatic hydroxyl groups excluding tert-OH is 1. The van der Waals surface area contributed by atoms with Crippen LogP contribution in [0.2, 0.25) is 0 Å². The van der Waals surface area contributed by atoms with Crippen LogP contribution in [-0.4, -0.2) is 42.2 Å². The Morgan fingerprint density at radius 2 is 2.05 bits per heavy atom. The van der Waals surface area contributed by atoms with E-state index in [-0.39, 0.29) is 12.5 Å². The van der Waals surface area contributed by atoms with E-state index in [1.54, 1.807) is 0 Å². The molecule has 4 nitrogen and oxygen atoms in total. The molecule has 1 saturated heterocycles. The fraction of sp³-hybridized carbons (Fsp3) is 0.562. The molecule has 1 heterocycles. The van der Waals surface area contributed by atoms with Crippen molar-refractivity contribution in [2.75, 3.05) is 31.6 Å². The van der Waals surface area contributed by atoms with Gasteiger partial charge >= 0.3 is 0 Å². The van der Waals surface area contributed by atoms with Gasteiger partial charge in [0.15, 0.2) is 0 Å². The number of para-hydroxylation sites is 1. The number of hydrogen-bond acceptors (Lipinski definition) is 3. The number of amides is 1. The number of carbonyl (C=O) groups is 1. The first-order valence-corrected chi connectivity index (χ1v) is 7.49. The molecule has 0 radical (unpaired) electrons. The van der Waals surface area contributed by atoms with Gasteiger partial charge in [-0.25, -0.2) is 0 Å². The zero-order chi connectivity index (χ0) is 14.4. The molecule has 2 N–H and O–H groups in total. The van der Waals surface area contributed by atoms with E-state index in [1.165, 1.54) is 0 Å². The summed E-state index contributed by atoms with van der Waals surface area (Å²) in [6, 6.07) is 7.71. The van der Waals surface area contributed by atoms with Crippen LogP contribution >= 0.6 is 0 Å². The van der Waals surface area contributed by atoms with Crippen LogP contribution in [-0.2, 0) is 0 Å². The van der Waals surface area contributed by atoms with Crippen molar-refractivity contribution < 1.29 is 9.90 Å². The Balaban J connectivity index is 2.05. The van der Waals surface area contributed by atoms with Crippen molar-refractivity contribution in [2.24, 2.45) is 5.92 Å². The number of rotatable bonds is 5. The topological polar surface area (TPSA) is 52.6 Å². The normalized spacial score (nSPS) is 16.2. The summed E-state index contributed by atoms with van der Waals surface area (Å²) in [5, 5.41) is 12.5. The van der Waals surface area contributed by atoms with Crippen LogP contribution in [0.3, 0.4) is 0 Å². The third kappa shape index (κ3) is 3.51. The van der Waals surface area contributed by atoms with Crippen LogP contribution < -0.4 is 5.32 Å². The maximum absolute atomic E-state index is 12.6. The van der Waals surface area contributed by atoms with Crippen LogP contribution in [0.1, 0.15) is 36.5 Å². The molecule has 1 amide bonds. The molecule has 0 unspecified atom stereocenters. The molecule has 0 aliphatic carbocycles. The van der Waals surface area contributed by atoms with Gasteiger partial charge in [-0.2, -0.15) is 0 Å². The second-order valence-electron chi connectivity index (χ2n) is 5.39. The van der Waals surface area contributed by atoms with E-state index in [2.05, 4.69) is 12.2 Å². The molecule has 1 aromatic rings. The van der Waals surface area contributed by atoms with Gasteiger partial charge in [0.2, 0.25) is 0 Å². The number of nitrogens with one attached hydrogen (secondary N) is 1. The van der Waals surface area contributed by atoms with Gasteiger partial charge in [0.1, 0.15) is 0 Å². The van der Waals surface area contributed by atoms with Crippen LogP contribution in [0.25, 0.3) is 0 Å². The van der Waals surface area contributed by atoms with Crippen molar-refractivity contribution in [3.05, 3.63) is 29.8 Å². The molecule has 0 saturated carbocycles. The zero-order valence-electron chi connectivity index (χ0n) is 12.1. The quantitative estimate of drug-likeness (QED) is 0.868. The molecule has 1 aliphatic heterocycles. The minimum absolute atomic E-state index is 0.0978. The Kier molecular flexibility index (Phi) is 5.41. The van der Waals surface area contributed by atoms with Crippen LogP contribution in [0.4, 0.5) is 5.69 Å². The van der Waals surface area contributed by atoms with E-state index in [1.807, 2.05) is 29.2 Å². The second-order valence-corrected chi connectivity index (χ2v) is 5.39. The monoisotopic (exact) mass is 276 g/mol. The smallest absolute Gasteiger partial charge is 0.255 e. The number of anilines is 1. The first kappa shape index (κ1) is 14.9. The Bertz CT molecular complexity index is 440. The lowest BCUT2D eigenvalue weighted by Crippen LogP contribution is -2.39. The summed E-state index contributed by atoms with van der Waals surface area (Å²) in [6.45, 7) is 4.70. The second kappa shape index (κ2) is 7.29. The molecular weight excluding hydrogens is 252 g/mol. The molecule has 0 bridgehead atoms. The molecule has 20 heavy (non-hydrogen) atoms. The maximum atomic E-state index is 12.6. The maximum Gasteiger partial charge on any atom is 0.255 e. The predicted molar refractivity (Wildman–Crippen MR) is 80.9 cm³/mol. The zero-order valence-corrected chi connectivity index (χ0v) is 12.1. The van der Waals surface area contributed by atoms with Crippen molar-refractivity contribution in [3.8, 4) is 0 Å². The van der Waals surface area contributed by atoms with Gasteiger partial charge in [0.05, 0.1) is 5.56 Å². The lowest BCUT2D eigenvalue weighted by Gasteiger charge is -2.31. The summed E-state index contributed by atoms with van der Waals surface area (Å²) in [6.07, 6.45) is 2.82. The first-order valence-electron chi connectivity index (χ1n) is 7.49. The summed E-state index contributed by atoms with van der Waals surface area (Å²) >= 11 is 0. The number of likely N-dealkylation sites (tertiary alicyclic amines) is 1. The number of nitrogens with zero attached hydrogens (tertiary/aromatic N) is 1. The van der Waals surface area contributed by atoms with E-state index in [9.17, 15) is 4.79 Å². The van der Waals surface area contributed by atoms with E-state index in [0.717, 1.165) is 50.1 Å². The average Bonchev–Trinajstić information content (AvgIpc) is 2.52. The van der Waals surface area contributed by atoms with Crippen molar-refractivity contribution in [1.82, 2.24) is 4.90 Å². The number of benzene rings is 1. The minimum Gasteiger partial charge on any atom is -0.396 e. The molecule has 110 valence electrons. The number of carbonyl (C=O) groups excluding carboxylic acids is 1. The molecule has 1 aliphatic rings. The van der Waals surface area contributed by atoms with Crippen LogP contribution in [0.15, 0.2) is 24.3 Å². The van der Waals surface area contributed by atoms with Gasteiger partial charge < -0.3 is 15.3 Å². The third-order valence-electron chi connectivity index (χ3n) is 3.88. The first-order chi connectivity index (χ1) is 9.76. The molecular formula is C16H24N2O2. The van der Waals surface area contributed by atoms with Gasteiger partial charge in [-0.15, -0.1) is 0 Å². The van der Waals surface area contributed by atoms with E-state index >= 15 is 0 Å². The predicted octanol–water partition coefficient (Wildman–Crippen LogP) is 2.35. The molecule has 4 heteroatoms.